The fraction of sp³-hybridized carbons (Fsp3) is 0.333. The molecule has 0 aliphatic carbocycles. The van der Waals surface area contributed by atoms with Crippen LogP contribution in [0.5, 0.6) is 5.75 Å². The van der Waals surface area contributed by atoms with Crippen molar-refractivity contribution in [2.75, 3.05) is 11.9 Å². The summed E-state index contributed by atoms with van der Waals surface area (Å²) in [6.45, 7) is 5.78. The van der Waals surface area contributed by atoms with Crippen LogP contribution in [-0.2, 0) is 17.6 Å². The van der Waals surface area contributed by atoms with E-state index in [0.29, 0.717) is 22.7 Å². The predicted molar refractivity (Wildman–Crippen MR) is 105 cm³/mol. The van der Waals surface area contributed by atoms with Gasteiger partial charge in [0.25, 0.3) is 11.8 Å². The normalized spacial score (nSPS) is 10.6. The second kappa shape index (κ2) is 8.49. The number of anilines is 1. The molecule has 7 heteroatoms. The van der Waals surface area contributed by atoms with E-state index in [9.17, 15) is 9.59 Å². The van der Waals surface area contributed by atoms with E-state index >= 15 is 0 Å². The highest BCUT2D eigenvalue weighted by molar-refractivity contribution is 9.10. The molecule has 2 amide bonds. The van der Waals surface area contributed by atoms with Gasteiger partial charge in [0.1, 0.15) is 10.8 Å². The molecule has 0 spiro atoms. The Hall–Kier alpha value is -1.86. The summed E-state index contributed by atoms with van der Waals surface area (Å²) in [5, 5.41) is 3.22. The minimum absolute atomic E-state index is 0.152. The van der Waals surface area contributed by atoms with Crippen molar-refractivity contribution >= 4 is 44.1 Å². The number of aryl methyl sites for hydroxylation is 2. The van der Waals surface area contributed by atoms with Gasteiger partial charge in [-0.15, -0.1) is 11.3 Å². The molecule has 134 valence electrons. The van der Waals surface area contributed by atoms with Crippen molar-refractivity contribution in [2.24, 2.45) is 5.73 Å². The number of rotatable bonds is 7. The summed E-state index contributed by atoms with van der Waals surface area (Å²) in [5.74, 6) is -0.271. The lowest BCUT2D eigenvalue weighted by Crippen LogP contribution is -2.22. The number of amides is 2. The molecule has 2 aromatic rings. The summed E-state index contributed by atoms with van der Waals surface area (Å²) in [5.41, 5.74) is 7.92. The smallest absolute Gasteiger partial charge is 0.262 e. The Bertz CT molecular complexity index is 802. The third-order valence-corrected chi connectivity index (χ3v) is 5.51. The number of carbonyl (C=O) groups excluding carboxylic acids is 2. The minimum Gasteiger partial charge on any atom is -0.483 e. The summed E-state index contributed by atoms with van der Waals surface area (Å²) < 4.78 is 6.37. The summed E-state index contributed by atoms with van der Waals surface area (Å²) in [6, 6.07) is 5.75. The second-order valence-corrected chi connectivity index (χ2v) is 7.59. The van der Waals surface area contributed by atoms with Crippen LogP contribution in [0.3, 0.4) is 0 Å². The first kappa shape index (κ1) is 19.5. The molecule has 25 heavy (non-hydrogen) atoms. The number of hydrogen-bond acceptors (Lipinski definition) is 4. The lowest BCUT2D eigenvalue weighted by molar-refractivity contribution is -0.118. The average Bonchev–Trinajstić information content (AvgIpc) is 2.88. The number of ether oxygens (including phenoxy) is 1. The lowest BCUT2D eigenvalue weighted by Gasteiger charge is -2.10. The van der Waals surface area contributed by atoms with Gasteiger partial charge < -0.3 is 15.8 Å². The summed E-state index contributed by atoms with van der Waals surface area (Å²) in [7, 11) is 0. The van der Waals surface area contributed by atoms with Crippen molar-refractivity contribution in [1.82, 2.24) is 0 Å². The van der Waals surface area contributed by atoms with Crippen LogP contribution in [0.2, 0.25) is 0 Å². The monoisotopic (exact) mass is 424 g/mol. The molecule has 0 atom stereocenters. The Morgan fingerprint density at radius 3 is 2.56 bits per heavy atom. The van der Waals surface area contributed by atoms with Crippen molar-refractivity contribution in [3.8, 4) is 5.75 Å². The van der Waals surface area contributed by atoms with E-state index in [4.69, 9.17) is 10.5 Å². The molecule has 0 saturated heterocycles. The van der Waals surface area contributed by atoms with Crippen LogP contribution in [-0.4, -0.2) is 18.4 Å². The van der Waals surface area contributed by atoms with E-state index in [1.807, 2.05) is 32.0 Å². The molecule has 0 aliphatic rings. The molecular formula is C18H21BrN2O3S. The number of thiophene rings is 1. The number of benzene rings is 1. The number of primary amides is 1. The maximum Gasteiger partial charge on any atom is 0.262 e. The maximum absolute atomic E-state index is 12.2. The summed E-state index contributed by atoms with van der Waals surface area (Å²) in [4.78, 5) is 24.9. The van der Waals surface area contributed by atoms with Gasteiger partial charge in [-0.05, 0) is 59.0 Å². The largest absolute Gasteiger partial charge is 0.483 e. The second-order valence-electron chi connectivity index (χ2n) is 5.51. The van der Waals surface area contributed by atoms with Crippen LogP contribution in [0.1, 0.15) is 40.2 Å². The molecule has 1 aromatic heterocycles. The number of halogens is 1. The van der Waals surface area contributed by atoms with Crippen LogP contribution in [0.25, 0.3) is 0 Å². The van der Waals surface area contributed by atoms with E-state index in [2.05, 4.69) is 28.2 Å². The van der Waals surface area contributed by atoms with Crippen molar-refractivity contribution in [3.63, 3.8) is 0 Å². The Balaban J connectivity index is 2.07. The average molecular weight is 425 g/mol. The van der Waals surface area contributed by atoms with Gasteiger partial charge in [-0.3, -0.25) is 9.59 Å². The van der Waals surface area contributed by atoms with Crippen LogP contribution in [0.15, 0.2) is 22.7 Å². The van der Waals surface area contributed by atoms with Gasteiger partial charge >= 0.3 is 0 Å². The lowest BCUT2D eigenvalue weighted by atomic mass is 10.1. The molecule has 0 radical (unpaired) electrons. The zero-order valence-corrected chi connectivity index (χ0v) is 16.8. The molecule has 1 heterocycles. The molecule has 0 fully saturated rings. The van der Waals surface area contributed by atoms with Gasteiger partial charge in [0.05, 0.1) is 10.0 Å². The molecule has 0 bridgehead atoms. The molecule has 0 unspecified atom stereocenters. The highest BCUT2D eigenvalue weighted by Crippen LogP contribution is 2.33. The van der Waals surface area contributed by atoms with Crippen LogP contribution in [0.4, 0.5) is 5.00 Å². The topological polar surface area (TPSA) is 81.4 Å². The molecule has 3 N–H and O–H groups in total. The van der Waals surface area contributed by atoms with Gasteiger partial charge in [0, 0.05) is 4.88 Å². The molecule has 2 rings (SSSR count). The zero-order chi connectivity index (χ0) is 18.6. The van der Waals surface area contributed by atoms with Gasteiger partial charge in [-0.2, -0.15) is 0 Å². The van der Waals surface area contributed by atoms with E-state index in [0.717, 1.165) is 21.3 Å². The number of nitrogens with one attached hydrogen (secondary N) is 1. The molecule has 0 saturated carbocycles. The van der Waals surface area contributed by atoms with Crippen LogP contribution < -0.4 is 15.8 Å². The number of hydrogen-bond donors (Lipinski definition) is 2. The van der Waals surface area contributed by atoms with Gasteiger partial charge in [-0.1, -0.05) is 19.9 Å². The Morgan fingerprint density at radius 2 is 2.00 bits per heavy atom. The summed E-state index contributed by atoms with van der Waals surface area (Å²) in [6.07, 6.45) is 1.61. The highest BCUT2D eigenvalue weighted by Gasteiger charge is 2.20. The zero-order valence-electron chi connectivity index (χ0n) is 14.4. The molecule has 0 aliphatic heterocycles. The Kier molecular flexibility index (Phi) is 6.61. The maximum atomic E-state index is 12.2. The van der Waals surface area contributed by atoms with Crippen LogP contribution in [0, 0.1) is 6.92 Å². The van der Waals surface area contributed by atoms with E-state index in [1.165, 1.54) is 16.9 Å². The van der Waals surface area contributed by atoms with E-state index in [-0.39, 0.29) is 12.5 Å². The number of carbonyl (C=O) groups is 2. The highest BCUT2D eigenvalue weighted by atomic mass is 79.9. The Labute approximate surface area is 159 Å². The molecular weight excluding hydrogens is 404 g/mol. The van der Waals surface area contributed by atoms with Gasteiger partial charge in [0.2, 0.25) is 0 Å². The van der Waals surface area contributed by atoms with E-state index in [1.54, 1.807) is 0 Å². The predicted octanol–water partition coefficient (Wildman–Crippen LogP) is 4.06. The number of nitrogens with two attached hydrogens (primary N) is 1. The first-order valence-electron chi connectivity index (χ1n) is 8.00. The summed E-state index contributed by atoms with van der Waals surface area (Å²) >= 11 is 4.80. The van der Waals surface area contributed by atoms with Crippen LogP contribution >= 0.6 is 27.3 Å². The Morgan fingerprint density at radius 1 is 1.28 bits per heavy atom. The standard InChI is InChI=1S/C18H21BrN2O3S/c1-4-11-6-7-14(13(19)8-11)24-9-15(22)21-18-16(17(20)23)12(5-2)10(3)25-18/h6-8H,4-5,9H2,1-3H3,(H2,20,23)(H,21,22). The quantitative estimate of drug-likeness (QED) is 0.702. The van der Waals surface area contributed by atoms with Crippen molar-refractivity contribution in [1.29, 1.82) is 0 Å². The third-order valence-electron chi connectivity index (χ3n) is 3.83. The first-order valence-corrected chi connectivity index (χ1v) is 9.61. The van der Waals surface area contributed by atoms with Gasteiger partial charge in [0.15, 0.2) is 6.61 Å². The minimum atomic E-state index is -0.532. The van der Waals surface area contributed by atoms with Crippen molar-refractivity contribution in [3.05, 3.63) is 44.2 Å². The van der Waals surface area contributed by atoms with E-state index < -0.39 is 5.91 Å². The molecule has 1 aromatic carbocycles. The fourth-order valence-electron chi connectivity index (χ4n) is 2.54. The fourth-order valence-corrected chi connectivity index (χ4v) is 4.25. The third kappa shape index (κ3) is 4.61. The van der Waals surface area contributed by atoms with Crippen molar-refractivity contribution < 1.29 is 14.3 Å². The van der Waals surface area contributed by atoms with Crippen molar-refractivity contribution in [2.45, 2.75) is 33.6 Å². The van der Waals surface area contributed by atoms with Gasteiger partial charge in [-0.25, -0.2) is 0 Å². The molecule has 5 nitrogen and oxygen atoms in total. The SMILES string of the molecule is CCc1ccc(OCC(=O)Nc2sc(C)c(CC)c2C(N)=O)c(Br)c1. The first-order chi connectivity index (χ1) is 11.9.